The predicted molar refractivity (Wildman–Crippen MR) is 110 cm³/mol. The van der Waals surface area contributed by atoms with Gasteiger partial charge in [0.05, 0.1) is 18.8 Å². The van der Waals surface area contributed by atoms with Crippen molar-refractivity contribution in [2.24, 2.45) is 0 Å². The maximum absolute atomic E-state index is 12.0. The van der Waals surface area contributed by atoms with Gasteiger partial charge in [-0.05, 0) is 44.0 Å². The van der Waals surface area contributed by atoms with Gasteiger partial charge in [0.1, 0.15) is 28.3 Å². The molecule has 0 fully saturated rings. The predicted octanol–water partition coefficient (Wildman–Crippen LogP) is 4.24. The van der Waals surface area contributed by atoms with Crippen molar-refractivity contribution in [1.29, 1.82) is 5.26 Å². The van der Waals surface area contributed by atoms with Crippen LogP contribution < -0.4 is 10.5 Å². The van der Waals surface area contributed by atoms with Gasteiger partial charge in [-0.3, -0.25) is 4.79 Å². The SMILES string of the molecule is CCOC(=O)c1sc(N)c(C#N)c1COC(=O)CCCOc1ccc(Cl)c(C)c1. The van der Waals surface area contributed by atoms with E-state index in [0.717, 1.165) is 16.9 Å². The molecule has 2 N–H and O–H groups in total. The normalized spacial score (nSPS) is 10.3. The molecule has 154 valence electrons. The topological polar surface area (TPSA) is 112 Å². The number of carbonyl (C=O) groups is 2. The van der Waals surface area contributed by atoms with E-state index >= 15 is 0 Å². The number of aryl methyl sites for hydroxylation is 1. The van der Waals surface area contributed by atoms with Crippen molar-refractivity contribution >= 4 is 39.9 Å². The van der Waals surface area contributed by atoms with E-state index in [1.807, 2.05) is 19.1 Å². The number of rotatable bonds is 9. The lowest BCUT2D eigenvalue weighted by molar-refractivity contribution is -0.145. The van der Waals surface area contributed by atoms with Crippen LogP contribution in [0.2, 0.25) is 5.02 Å². The zero-order valence-corrected chi connectivity index (χ0v) is 17.7. The summed E-state index contributed by atoms with van der Waals surface area (Å²) in [5.74, 6) is -0.389. The van der Waals surface area contributed by atoms with Crippen molar-refractivity contribution in [3.63, 3.8) is 0 Å². The van der Waals surface area contributed by atoms with Crippen LogP contribution in [0, 0.1) is 18.3 Å². The summed E-state index contributed by atoms with van der Waals surface area (Å²) < 4.78 is 15.8. The van der Waals surface area contributed by atoms with Crippen LogP contribution in [0.25, 0.3) is 0 Å². The van der Waals surface area contributed by atoms with Crippen molar-refractivity contribution in [2.45, 2.75) is 33.3 Å². The molecule has 0 bridgehead atoms. The second-order valence-corrected chi connectivity index (χ2v) is 7.46. The summed E-state index contributed by atoms with van der Waals surface area (Å²) in [7, 11) is 0. The second kappa shape index (κ2) is 10.7. The molecule has 0 aliphatic carbocycles. The molecular weight excluding hydrogens is 416 g/mol. The Morgan fingerprint density at radius 1 is 1.31 bits per heavy atom. The Hall–Kier alpha value is -2.76. The molecule has 0 spiro atoms. The lowest BCUT2D eigenvalue weighted by atomic mass is 10.1. The van der Waals surface area contributed by atoms with Crippen LogP contribution in [0.5, 0.6) is 5.75 Å². The van der Waals surface area contributed by atoms with Crippen LogP contribution in [-0.2, 0) is 20.9 Å². The number of hydrogen-bond donors (Lipinski definition) is 1. The van der Waals surface area contributed by atoms with Gasteiger partial charge >= 0.3 is 11.9 Å². The van der Waals surface area contributed by atoms with Gasteiger partial charge in [0.2, 0.25) is 0 Å². The zero-order valence-electron chi connectivity index (χ0n) is 16.1. The second-order valence-electron chi connectivity index (χ2n) is 6.00. The summed E-state index contributed by atoms with van der Waals surface area (Å²) in [6, 6.07) is 7.27. The van der Waals surface area contributed by atoms with Gasteiger partial charge in [-0.2, -0.15) is 5.26 Å². The van der Waals surface area contributed by atoms with Crippen molar-refractivity contribution in [1.82, 2.24) is 0 Å². The number of nitrogen functional groups attached to an aromatic ring is 1. The van der Waals surface area contributed by atoms with E-state index in [1.54, 1.807) is 19.1 Å². The van der Waals surface area contributed by atoms with Crippen molar-refractivity contribution in [3.8, 4) is 11.8 Å². The number of hydrogen-bond acceptors (Lipinski definition) is 8. The number of esters is 2. The Morgan fingerprint density at radius 3 is 2.72 bits per heavy atom. The average Bonchev–Trinajstić information content (AvgIpc) is 3.02. The molecule has 0 unspecified atom stereocenters. The third-order valence-electron chi connectivity index (χ3n) is 3.91. The molecule has 9 heteroatoms. The first-order chi connectivity index (χ1) is 13.9. The van der Waals surface area contributed by atoms with Gasteiger partial charge in [-0.1, -0.05) is 11.6 Å². The third-order valence-corrected chi connectivity index (χ3v) is 5.37. The van der Waals surface area contributed by atoms with Crippen molar-refractivity contribution < 1.29 is 23.8 Å². The third kappa shape index (κ3) is 6.11. The fourth-order valence-corrected chi connectivity index (χ4v) is 3.48. The molecule has 7 nitrogen and oxygen atoms in total. The Labute approximate surface area is 177 Å². The zero-order chi connectivity index (χ0) is 21.4. The van der Waals surface area contributed by atoms with E-state index in [4.69, 9.17) is 31.5 Å². The minimum atomic E-state index is -0.594. The van der Waals surface area contributed by atoms with Gasteiger partial charge in [-0.25, -0.2) is 4.79 Å². The number of nitrogens with zero attached hydrogens (tertiary/aromatic N) is 1. The van der Waals surface area contributed by atoms with Crippen LogP contribution in [0.4, 0.5) is 5.00 Å². The number of nitrogens with two attached hydrogens (primary N) is 1. The molecule has 29 heavy (non-hydrogen) atoms. The number of thiophene rings is 1. The van der Waals surface area contributed by atoms with E-state index in [1.165, 1.54) is 0 Å². The monoisotopic (exact) mass is 436 g/mol. The maximum Gasteiger partial charge on any atom is 0.348 e. The van der Waals surface area contributed by atoms with Gasteiger partial charge < -0.3 is 19.9 Å². The van der Waals surface area contributed by atoms with Crippen molar-refractivity contribution in [3.05, 3.63) is 44.8 Å². The summed E-state index contributed by atoms with van der Waals surface area (Å²) in [5.41, 5.74) is 7.10. The Kier molecular flexibility index (Phi) is 8.31. The van der Waals surface area contributed by atoms with Crippen LogP contribution in [0.3, 0.4) is 0 Å². The number of ether oxygens (including phenoxy) is 3. The Bertz CT molecular complexity index is 936. The molecule has 0 saturated carbocycles. The molecule has 2 aromatic rings. The molecule has 0 amide bonds. The maximum atomic E-state index is 12.0. The largest absolute Gasteiger partial charge is 0.494 e. The molecule has 2 rings (SSSR count). The lowest BCUT2D eigenvalue weighted by Crippen LogP contribution is -2.10. The molecule has 0 aliphatic heterocycles. The standard InChI is InChI=1S/C20H21ClN2O5S/c1-3-26-20(25)18-15(14(10-22)19(23)29-18)11-28-17(24)5-4-8-27-13-6-7-16(21)12(2)9-13/h6-7,9H,3-5,8,11,23H2,1-2H3. The highest BCUT2D eigenvalue weighted by Crippen LogP contribution is 2.32. The molecule has 1 aromatic heterocycles. The van der Waals surface area contributed by atoms with E-state index in [-0.39, 0.29) is 40.6 Å². The summed E-state index contributed by atoms with van der Waals surface area (Å²) in [4.78, 5) is 24.2. The van der Waals surface area contributed by atoms with E-state index in [9.17, 15) is 14.9 Å². The number of benzene rings is 1. The van der Waals surface area contributed by atoms with E-state index in [0.29, 0.717) is 23.8 Å². The molecule has 1 heterocycles. The molecule has 0 radical (unpaired) electrons. The van der Waals surface area contributed by atoms with Crippen molar-refractivity contribution in [2.75, 3.05) is 18.9 Å². The fourth-order valence-electron chi connectivity index (χ4n) is 2.44. The number of nitriles is 1. The highest BCUT2D eigenvalue weighted by atomic mass is 35.5. The molecule has 0 atom stereocenters. The molecule has 1 aromatic carbocycles. The quantitative estimate of drug-likeness (QED) is 0.462. The highest BCUT2D eigenvalue weighted by molar-refractivity contribution is 7.18. The van der Waals surface area contributed by atoms with Gasteiger partial charge in [0.25, 0.3) is 0 Å². The van der Waals surface area contributed by atoms with Crippen LogP contribution in [0.15, 0.2) is 18.2 Å². The highest BCUT2D eigenvalue weighted by Gasteiger charge is 2.23. The fraction of sp³-hybridized carbons (Fsp3) is 0.350. The first-order valence-electron chi connectivity index (χ1n) is 8.90. The van der Waals surface area contributed by atoms with Crippen LogP contribution in [0.1, 0.15) is 46.1 Å². The molecule has 0 saturated heterocycles. The summed E-state index contributed by atoms with van der Waals surface area (Å²) in [5, 5.41) is 10.1. The Morgan fingerprint density at radius 2 is 2.07 bits per heavy atom. The number of halogens is 1. The number of carbonyl (C=O) groups excluding carboxylic acids is 2. The number of anilines is 1. The lowest BCUT2D eigenvalue weighted by Gasteiger charge is -2.08. The molecule has 0 aliphatic rings. The molecular formula is C20H21ClN2O5S. The van der Waals surface area contributed by atoms with E-state index in [2.05, 4.69) is 0 Å². The summed E-state index contributed by atoms with van der Waals surface area (Å²) in [6.45, 7) is 3.85. The first-order valence-corrected chi connectivity index (χ1v) is 10.1. The minimum Gasteiger partial charge on any atom is -0.494 e. The summed E-state index contributed by atoms with van der Waals surface area (Å²) in [6.07, 6.45) is 0.574. The first kappa shape index (κ1) is 22.5. The van der Waals surface area contributed by atoms with Gasteiger partial charge in [0.15, 0.2) is 0 Å². The average molecular weight is 437 g/mol. The van der Waals surface area contributed by atoms with Crippen LogP contribution in [-0.4, -0.2) is 25.2 Å². The van der Waals surface area contributed by atoms with Gasteiger partial charge in [-0.15, -0.1) is 11.3 Å². The summed E-state index contributed by atoms with van der Waals surface area (Å²) >= 11 is 6.91. The van der Waals surface area contributed by atoms with E-state index < -0.39 is 11.9 Å². The minimum absolute atomic E-state index is 0.128. The Balaban J connectivity index is 1.86. The smallest absolute Gasteiger partial charge is 0.348 e. The van der Waals surface area contributed by atoms with Crippen LogP contribution >= 0.6 is 22.9 Å². The van der Waals surface area contributed by atoms with Gasteiger partial charge in [0, 0.05) is 17.0 Å².